The summed E-state index contributed by atoms with van der Waals surface area (Å²) in [6.45, 7) is 1.46. The van der Waals surface area contributed by atoms with E-state index in [2.05, 4.69) is 25.4 Å². The number of imidazole rings is 1. The van der Waals surface area contributed by atoms with Crippen LogP contribution in [0.4, 0.5) is 30.6 Å². The van der Waals surface area contributed by atoms with Crippen LogP contribution in [0.25, 0.3) is 5.65 Å². The molecule has 5 heterocycles. The van der Waals surface area contributed by atoms with Gasteiger partial charge in [0.05, 0.1) is 37.3 Å². The molecule has 0 unspecified atom stereocenters. The van der Waals surface area contributed by atoms with Crippen LogP contribution < -0.4 is 15.1 Å². The van der Waals surface area contributed by atoms with Crippen LogP contribution >= 0.6 is 0 Å². The van der Waals surface area contributed by atoms with Crippen LogP contribution in [0.15, 0.2) is 48.9 Å². The Labute approximate surface area is 221 Å². The smallest absolute Gasteiger partial charge is 0.277 e. The molecule has 3 aromatic heterocycles. The summed E-state index contributed by atoms with van der Waals surface area (Å²) < 4.78 is 49.7. The van der Waals surface area contributed by atoms with Gasteiger partial charge in [0.1, 0.15) is 35.1 Å². The topological polar surface area (TPSA) is 101 Å². The second kappa shape index (κ2) is 10.1. The van der Waals surface area contributed by atoms with Gasteiger partial charge in [0.2, 0.25) is 0 Å². The predicted octanol–water partition coefficient (Wildman–Crippen LogP) is 3.56. The minimum atomic E-state index is -1.25. The van der Waals surface area contributed by atoms with Gasteiger partial charge < -0.3 is 19.9 Å². The SMILES string of the molecule is CO[C@H]1CCN(c2cnc(C(=O)Nc3cnc4ccc(N5C[C@@H](F)C[C@@H]5c5cc(F)ccc5F)nn34)cn2)C1. The third-order valence-corrected chi connectivity index (χ3v) is 7.12. The Hall–Kier alpha value is -4.26. The van der Waals surface area contributed by atoms with Crippen molar-refractivity contribution in [1.82, 2.24) is 24.6 Å². The van der Waals surface area contributed by atoms with Crippen molar-refractivity contribution in [3.05, 3.63) is 71.8 Å². The van der Waals surface area contributed by atoms with Gasteiger partial charge in [0.15, 0.2) is 11.5 Å². The molecule has 10 nitrogen and oxygen atoms in total. The molecule has 1 amide bonds. The molecule has 6 rings (SSSR count). The predicted molar refractivity (Wildman–Crippen MR) is 137 cm³/mol. The van der Waals surface area contributed by atoms with Gasteiger partial charge >= 0.3 is 0 Å². The summed E-state index contributed by atoms with van der Waals surface area (Å²) in [5.41, 5.74) is 0.598. The number of nitrogens with zero attached hydrogens (tertiary/aromatic N) is 7. The fourth-order valence-electron chi connectivity index (χ4n) is 5.12. The Morgan fingerprint density at radius 1 is 1.05 bits per heavy atom. The number of carbonyl (C=O) groups excluding carboxylic acids is 1. The first-order valence-corrected chi connectivity index (χ1v) is 12.5. The highest BCUT2D eigenvalue weighted by Gasteiger charge is 2.36. The molecule has 1 N–H and O–H groups in total. The Bertz CT molecular complexity index is 1520. The summed E-state index contributed by atoms with van der Waals surface area (Å²) in [5, 5.41) is 7.27. The first-order valence-electron chi connectivity index (χ1n) is 12.5. The Morgan fingerprint density at radius 2 is 1.92 bits per heavy atom. The number of ether oxygens (including phenoxy) is 1. The van der Waals surface area contributed by atoms with E-state index in [1.165, 1.54) is 16.9 Å². The molecule has 0 saturated carbocycles. The zero-order valence-electron chi connectivity index (χ0n) is 21.0. The van der Waals surface area contributed by atoms with Crippen molar-refractivity contribution in [2.75, 3.05) is 41.9 Å². The molecule has 4 aromatic rings. The summed E-state index contributed by atoms with van der Waals surface area (Å²) in [6.07, 6.45) is 4.16. The van der Waals surface area contributed by atoms with E-state index >= 15 is 0 Å². The third kappa shape index (κ3) is 4.85. The number of alkyl halides is 1. The van der Waals surface area contributed by atoms with Crippen LogP contribution in [0.1, 0.15) is 34.9 Å². The van der Waals surface area contributed by atoms with Crippen LogP contribution in [0, 0.1) is 11.6 Å². The number of carbonyl (C=O) groups is 1. The molecule has 2 fully saturated rings. The summed E-state index contributed by atoms with van der Waals surface area (Å²) in [5.74, 6) is -0.485. The highest BCUT2D eigenvalue weighted by molar-refractivity contribution is 6.02. The standard InChI is InChI=1S/C26H25F3N8O2/c1-39-17-6-7-35(14-17)24-11-30-20(10-31-24)26(38)33-25-12-32-22-4-5-23(34-37(22)25)36-13-16(28)9-21(36)18-8-15(27)2-3-19(18)29/h2-5,8,10-12,16-17,21H,6-7,9,13-14H2,1H3,(H,33,38)/t16-,17-,21+/m0/s1. The summed E-state index contributed by atoms with van der Waals surface area (Å²) in [7, 11) is 1.68. The Morgan fingerprint density at radius 3 is 2.69 bits per heavy atom. The van der Waals surface area contributed by atoms with E-state index in [1.54, 1.807) is 30.3 Å². The number of methoxy groups -OCH3 is 1. The maximum absolute atomic E-state index is 14.5. The lowest BCUT2D eigenvalue weighted by atomic mass is 10.0. The lowest BCUT2D eigenvalue weighted by Crippen LogP contribution is -2.26. The van der Waals surface area contributed by atoms with Gasteiger partial charge in [-0.05, 0) is 36.8 Å². The monoisotopic (exact) mass is 538 g/mol. The molecule has 0 bridgehead atoms. The average molecular weight is 539 g/mol. The fourth-order valence-corrected chi connectivity index (χ4v) is 5.12. The van der Waals surface area contributed by atoms with E-state index in [1.807, 2.05) is 4.90 Å². The third-order valence-electron chi connectivity index (χ3n) is 7.12. The summed E-state index contributed by atoms with van der Waals surface area (Å²) in [4.78, 5) is 29.5. The summed E-state index contributed by atoms with van der Waals surface area (Å²) >= 11 is 0. The largest absolute Gasteiger partial charge is 0.380 e. The average Bonchev–Trinajstić information content (AvgIpc) is 3.68. The Balaban J connectivity index is 1.23. The van der Waals surface area contributed by atoms with Crippen molar-refractivity contribution < 1.29 is 22.7 Å². The molecule has 3 atom stereocenters. The molecule has 0 aliphatic carbocycles. The van der Waals surface area contributed by atoms with E-state index in [9.17, 15) is 18.0 Å². The second-order valence-electron chi connectivity index (χ2n) is 9.58. The molecular weight excluding hydrogens is 513 g/mol. The van der Waals surface area contributed by atoms with Crippen molar-refractivity contribution in [1.29, 1.82) is 0 Å². The highest BCUT2D eigenvalue weighted by atomic mass is 19.1. The van der Waals surface area contributed by atoms with Crippen molar-refractivity contribution in [2.45, 2.75) is 31.2 Å². The Kier molecular flexibility index (Phi) is 6.51. The normalized spacial score (nSPS) is 21.2. The van der Waals surface area contributed by atoms with Crippen LogP contribution in [0.5, 0.6) is 0 Å². The highest BCUT2D eigenvalue weighted by Crippen LogP contribution is 2.38. The van der Waals surface area contributed by atoms with E-state index < -0.39 is 29.8 Å². The lowest BCUT2D eigenvalue weighted by molar-refractivity contribution is 0.102. The van der Waals surface area contributed by atoms with Crippen LogP contribution in [-0.4, -0.2) is 69.5 Å². The number of hydrogen-bond acceptors (Lipinski definition) is 8. The fraction of sp³-hybridized carbons (Fsp3) is 0.346. The number of fused-ring (bicyclic) bond motifs is 1. The van der Waals surface area contributed by atoms with Gasteiger partial charge in [0.25, 0.3) is 5.91 Å². The maximum atomic E-state index is 14.5. The first-order chi connectivity index (χ1) is 18.9. The zero-order valence-corrected chi connectivity index (χ0v) is 21.0. The molecule has 2 aliphatic heterocycles. The molecule has 0 radical (unpaired) electrons. The molecule has 2 saturated heterocycles. The van der Waals surface area contributed by atoms with Crippen LogP contribution in [-0.2, 0) is 4.74 Å². The van der Waals surface area contributed by atoms with Crippen molar-refractivity contribution in [3.8, 4) is 0 Å². The number of halogens is 3. The number of aromatic nitrogens is 5. The van der Waals surface area contributed by atoms with Gasteiger partial charge in [-0.15, -0.1) is 5.10 Å². The number of rotatable bonds is 6. The summed E-state index contributed by atoms with van der Waals surface area (Å²) in [6, 6.07) is 5.68. The van der Waals surface area contributed by atoms with Crippen LogP contribution in [0.3, 0.4) is 0 Å². The maximum Gasteiger partial charge on any atom is 0.277 e. The molecule has 202 valence electrons. The number of benzene rings is 1. The van der Waals surface area contributed by atoms with Gasteiger partial charge in [-0.25, -0.2) is 28.1 Å². The minimum absolute atomic E-state index is 0.00810. The molecule has 39 heavy (non-hydrogen) atoms. The molecular formula is C26H25F3N8O2. The van der Waals surface area contributed by atoms with Gasteiger partial charge in [-0.1, -0.05) is 0 Å². The number of amides is 1. The van der Waals surface area contributed by atoms with E-state index in [-0.39, 0.29) is 36.1 Å². The van der Waals surface area contributed by atoms with Gasteiger partial charge in [-0.3, -0.25) is 4.79 Å². The van der Waals surface area contributed by atoms with E-state index in [4.69, 9.17) is 4.74 Å². The molecule has 0 spiro atoms. The van der Waals surface area contributed by atoms with Gasteiger partial charge in [0, 0.05) is 32.2 Å². The van der Waals surface area contributed by atoms with Gasteiger partial charge in [-0.2, -0.15) is 4.52 Å². The number of anilines is 3. The van der Waals surface area contributed by atoms with Crippen molar-refractivity contribution >= 4 is 29.0 Å². The van der Waals surface area contributed by atoms with Crippen molar-refractivity contribution in [3.63, 3.8) is 0 Å². The minimum Gasteiger partial charge on any atom is -0.380 e. The molecule has 1 aromatic carbocycles. The first kappa shape index (κ1) is 25.0. The van der Waals surface area contributed by atoms with E-state index in [0.29, 0.717) is 23.8 Å². The second-order valence-corrected chi connectivity index (χ2v) is 9.58. The molecule has 13 heteroatoms. The van der Waals surface area contributed by atoms with E-state index in [0.717, 1.165) is 31.2 Å². The number of nitrogens with one attached hydrogen (secondary N) is 1. The van der Waals surface area contributed by atoms with Crippen LogP contribution in [0.2, 0.25) is 0 Å². The quantitative estimate of drug-likeness (QED) is 0.398. The van der Waals surface area contributed by atoms with Crippen molar-refractivity contribution in [2.24, 2.45) is 0 Å². The lowest BCUT2D eigenvalue weighted by Gasteiger charge is -2.26. The zero-order chi connectivity index (χ0) is 27.1. The number of hydrogen-bond donors (Lipinski definition) is 1. The molecule has 2 aliphatic rings.